The Hall–Kier alpha value is -1.88. The summed E-state index contributed by atoms with van der Waals surface area (Å²) in [5, 5.41) is 1.98. The van der Waals surface area contributed by atoms with Crippen LogP contribution < -0.4 is 9.54 Å². The van der Waals surface area contributed by atoms with E-state index in [2.05, 4.69) is 4.99 Å². The van der Waals surface area contributed by atoms with Crippen molar-refractivity contribution in [3.8, 4) is 11.4 Å². The monoisotopic (exact) mass is 262 g/mol. The van der Waals surface area contributed by atoms with Crippen molar-refractivity contribution in [3.63, 3.8) is 0 Å². The van der Waals surface area contributed by atoms with Gasteiger partial charge in [-0.2, -0.15) is 4.99 Å². The van der Waals surface area contributed by atoms with E-state index < -0.39 is 0 Å². The number of benzene rings is 1. The molecule has 0 spiro atoms. The maximum Gasteiger partial charge on any atom is 0.245 e. The van der Waals surface area contributed by atoms with E-state index in [0.717, 1.165) is 17.1 Å². The Morgan fingerprint density at radius 2 is 2.00 bits per heavy atom. The molecule has 18 heavy (non-hydrogen) atoms. The quantitative estimate of drug-likeness (QED) is 0.833. The summed E-state index contributed by atoms with van der Waals surface area (Å²) in [6.07, 6.45) is 0. The molecule has 4 nitrogen and oxygen atoms in total. The van der Waals surface area contributed by atoms with E-state index >= 15 is 0 Å². The number of ether oxygens (including phenoxy) is 1. The van der Waals surface area contributed by atoms with Crippen LogP contribution in [-0.4, -0.2) is 17.6 Å². The van der Waals surface area contributed by atoms with Crippen LogP contribution in [0.25, 0.3) is 5.69 Å². The molecule has 1 heterocycles. The number of aromatic nitrogens is 1. The van der Waals surface area contributed by atoms with Gasteiger partial charge in [0.1, 0.15) is 5.75 Å². The van der Waals surface area contributed by atoms with Gasteiger partial charge in [-0.25, -0.2) is 0 Å². The molecule has 0 fully saturated rings. The van der Waals surface area contributed by atoms with Crippen molar-refractivity contribution in [2.45, 2.75) is 13.8 Å². The Morgan fingerprint density at radius 3 is 2.56 bits per heavy atom. The minimum absolute atomic E-state index is 0.195. The number of carbonyl (C=O) groups is 1. The van der Waals surface area contributed by atoms with Gasteiger partial charge < -0.3 is 4.74 Å². The highest BCUT2D eigenvalue weighted by Gasteiger charge is 2.05. The minimum atomic E-state index is -0.195. The first-order valence-electron chi connectivity index (χ1n) is 5.48. The summed E-state index contributed by atoms with van der Waals surface area (Å²) in [7, 11) is 1.63. The number of aryl methyl sites for hydroxylation is 1. The SMILES string of the molecule is COc1ccc(-n2c(C)csc2=NC(C)=O)cc1. The fourth-order valence-electron chi connectivity index (χ4n) is 1.65. The zero-order chi connectivity index (χ0) is 13.1. The lowest BCUT2D eigenvalue weighted by atomic mass is 10.3. The zero-order valence-corrected chi connectivity index (χ0v) is 11.3. The molecule has 0 saturated heterocycles. The lowest BCUT2D eigenvalue weighted by Gasteiger charge is -2.06. The van der Waals surface area contributed by atoms with E-state index in [9.17, 15) is 4.79 Å². The molecule has 0 aliphatic rings. The summed E-state index contributed by atoms with van der Waals surface area (Å²) >= 11 is 1.45. The summed E-state index contributed by atoms with van der Waals surface area (Å²) in [5.74, 6) is 0.608. The van der Waals surface area contributed by atoms with Crippen LogP contribution in [0, 0.1) is 6.92 Å². The highest BCUT2D eigenvalue weighted by atomic mass is 32.1. The standard InChI is InChI=1S/C13H14N2O2S/c1-9-8-18-13(14-10(2)16)15(9)11-4-6-12(17-3)7-5-11/h4-8H,1-3H3. The first-order valence-corrected chi connectivity index (χ1v) is 6.36. The van der Waals surface area contributed by atoms with Gasteiger partial charge in [0.2, 0.25) is 5.91 Å². The first-order chi connectivity index (χ1) is 8.61. The third-order valence-corrected chi connectivity index (χ3v) is 3.41. The smallest absolute Gasteiger partial charge is 0.245 e. The van der Waals surface area contributed by atoms with Gasteiger partial charge >= 0.3 is 0 Å². The summed E-state index contributed by atoms with van der Waals surface area (Å²) in [6, 6.07) is 7.66. The van der Waals surface area contributed by atoms with Crippen molar-refractivity contribution >= 4 is 17.2 Å². The molecule has 2 rings (SSSR count). The maximum absolute atomic E-state index is 11.1. The van der Waals surface area contributed by atoms with Crippen molar-refractivity contribution < 1.29 is 9.53 Å². The molecular formula is C13H14N2O2S. The normalized spacial score (nSPS) is 11.6. The summed E-state index contributed by atoms with van der Waals surface area (Å²) < 4.78 is 7.08. The van der Waals surface area contributed by atoms with Crippen LogP contribution >= 0.6 is 11.3 Å². The topological polar surface area (TPSA) is 43.6 Å². The molecule has 0 N–H and O–H groups in total. The second-order valence-corrected chi connectivity index (χ2v) is 4.66. The summed E-state index contributed by atoms with van der Waals surface area (Å²) in [6.45, 7) is 3.44. The number of rotatable bonds is 2. The van der Waals surface area contributed by atoms with Crippen molar-refractivity contribution in [3.05, 3.63) is 40.1 Å². The maximum atomic E-state index is 11.1. The average Bonchev–Trinajstić information content (AvgIpc) is 2.70. The molecule has 1 amide bonds. The van der Waals surface area contributed by atoms with Crippen molar-refractivity contribution in [1.82, 2.24) is 4.57 Å². The lowest BCUT2D eigenvalue weighted by Crippen LogP contribution is -2.15. The number of methoxy groups -OCH3 is 1. The summed E-state index contributed by atoms with van der Waals surface area (Å²) in [4.78, 5) is 15.8. The van der Waals surface area contributed by atoms with Crippen LogP contribution in [-0.2, 0) is 4.79 Å². The number of amides is 1. The second kappa shape index (κ2) is 5.18. The molecule has 0 aliphatic carbocycles. The Balaban J connectivity index is 2.56. The summed E-state index contributed by atoms with van der Waals surface area (Å²) in [5.41, 5.74) is 2.01. The van der Waals surface area contributed by atoms with Crippen LogP contribution in [0.5, 0.6) is 5.75 Å². The van der Waals surface area contributed by atoms with E-state index in [4.69, 9.17) is 4.74 Å². The second-order valence-electron chi connectivity index (χ2n) is 3.82. The van der Waals surface area contributed by atoms with E-state index in [0.29, 0.717) is 4.80 Å². The Labute approximate surface area is 109 Å². The molecule has 0 saturated carbocycles. The largest absolute Gasteiger partial charge is 0.497 e. The molecule has 1 aromatic heterocycles. The van der Waals surface area contributed by atoms with E-state index in [-0.39, 0.29) is 5.91 Å². The van der Waals surface area contributed by atoms with Gasteiger partial charge in [0.05, 0.1) is 7.11 Å². The van der Waals surface area contributed by atoms with Gasteiger partial charge in [-0.1, -0.05) is 0 Å². The predicted octanol–water partition coefficient (Wildman–Crippen LogP) is 2.30. The van der Waals surface area contributed by atoms with Crippen molar-refractivity contribution in [2.24, 2.45) is 4.99 Å². The molecule has 2 aromatic rings. The van der Waals surface area contributed by atoms with E-state index in [1.807, 2.05) is 41.1 Å². The van der Waals surface area contributed by atoms with Crippen LogP contribution in [0.15, 0.2) is 34.6 Å². The van der Waals surface area contributed by atoms with Crippen molar-refractivity contribution in [1.29, 1.82) is 0 Å². The highest BCUT2D eigenvalue weighted by molar-refractivity contribution is 7.07. The Kier molecular flexibility index (Phi) is 3.62. The number of nitrogens with zero attached hydrogens (tertiary/aromatic N) is 2. The molecule has 5 heteroatoms. The van der Waals surface area contributed by atoms with Gasteiger partial charge in [-0.15, -0.1) is 11.3 Å². The fourth-order valence-corrected chi connectivity index (χ4v) is 2.57. The number of carbonyl (C=O) groups excluding carboxylic acids is 1. The van der Waals surface area contributed by atoms with Crippen LogP contribution in [0.4, 0.5) is 0 Å². The number of thiazole rings is 1. The van der Waals surface area contributed by atoms with Gasteiger partial charge in [0.15, 0.2) is 4.80 Å². The number of hydrogen-bond donors (Lipinski definition) is 0. The van der Waals surface area contributed by atoms with Gasteiger partial charge in [-0.3, -0.25) is 9.36 Å². The fraction of sp³-hybridized carbons (Fsp3) is 0.231. The number of hydrogen-bond acceptors (Lipinski definition) is 3. The van der Waals surface area contributed by atoms with Gasteiger partial charge in [0.25, 0.3) is 0 Å². The minimum Gasteiger partial charge on any atom is -0.497 e. The van der Waals surface area contributed by atoms with Crippen molar-refractivity contribution in [2.75, 3.05) is 7.11 Å². The lowest BCUT2D eigenvalue weighted by molar-refractivity contribution is -0.116. The molecule has 94 valence electrons. The molecule has 0 radical (unpaired) electrons. The van der Waals surface area contributed by atoms with Gasteiger partial charge in [-0.05, 0) is 31.2 Å². The highest BCUT2D eigenvalue weighted by Crippen LogP contribution is 2.16. The molecule has 0 bridgehead atoms. The molecular weight excluding hydrogens is 248 g/mol. The molecule has 0 aliphatic heterocycles. The molecule has 1 aromatic carbocycles. The van der Waals surface area contributed by atoms with E-state index in [1.54, 1.807) is 7.11 Å². The van der Waals surface area contributed by atoms with Crippen LogP contribution in [0.3, 0.4) is 0 Å². The first kappa shape index (κ1) is 12.6. The Morgan fingerprint density at radius 1 is 1.33 bits per heavy atom. The third kappa shape index (κ3) is 2.51. The van der Waals surface area contributed by atoms with Crippen LogP contribution in [0.1, 0.15) is 12.6 Å². The van der Waals surface area contributed by atoms with Gasteiger partial charge in [0, 0.05) is 23.7 Å². The zero-order valence-electron chi connectivity index (χ0n) is 10.5. The predicted molar refractivity (Wildman–Crippen MR) is 71.2 cm³/mol. The Bertz CT molecular complexity index is 623. The molecule has 0 atom stereocenters. The van der Waals surface area contributed by atoms with Crippen LogP contribution in [0.2, 0.25) is 0 Å². The van der Waals surface area contributed by atoms with E-state index in [1.165, 1.54) is 18.3 Å². The average molecular weight is 262 g/mol. The molecule has 0 unspecified atom stereocenters. The third-order valence-electron chi connectivity index (χ3n) is 2.46.